The predicted octanol–water partition coefficient (Wildman–Crippen LogP) is 2.83. The van der Waals surface area contributed by atoms with Gasteiger partial charge in [0.2, 0.25) is 5.91 Å². The molecule has 0 spiro atoms. The van der Waals surface area contributed by atoms with Crippen molar-refractivity contribution in [3.05, 3.63) is 70.5 Å². The molecule has 2 aromatic carbocycles. The maximum absolute atomic E-state index is 13.6. The summed E-state index contributed by atoms with van der Waals surface area (Å²) in [6.45, 7) is 6.89. The summed E-state index contributed by atoms with van der Waals surface area (Å²) >= 11 is 0. The average Bonchev–Trinajstić information content (AvgIpc) is 2.94. The molecule has 0 aromatic heterocycles. The molecular weight excluding hydrogens is 367 g/mol. The fourth-order valence-corrected chi connectivity index (χ4v) is 3.49. The van der Waals surface area contributed by atoms with Crippen molar-refractivity contribution in [3.8, 4) is 6.07 Å². The highest BCUT2D eigenvalue weighted by Crippen LogP contribution is 2.11. The number of amides is 1. The summed E-state index contributed by atoms with van der Waals surface area (Å²) in [6.07, 6.45) is 1.01. The molecule has 1 aliphatic rings. The van der Waals surface area contributed by atoms with E-state index >= 15 is 0 Å². The zero-order valence-corrected chi connectivity index (χ0v) is 16.8. The molecule has 1 heterocycles. The van der Waals surface area contributed by atoms with Gasteiger partial charge in [-0.05, 0) is 61.3 Å². The quantitative estimate of drug-likeness (QED) is 0.819. The Morgan fingerprint density at radius 2 is 1.76 bits per heavy atom. The fraction of sp³-hybridized carbons (Fsp3) is 0.391. The van der Waals surface area contributed by atoms with Crippen LogP contribution in [0.4, 0.5) is 4.39 Å². The van der Waals surface area contributed by atoms with Gasteiger partial charge in [0.1, 0.15) is 5.82 Å². The van der Waals surface area contributed by atoms with E-state index in [1.54, 1.807) is 13.0 Å². The number of aryl methyl sites for hydroxylation is 1. The third-order valence-corrected chi connectivity index (χ3v) is 5.26. The predicted molar refractivity (Wildman–Crippen MR) is 110 cm³/mol. The van der Waals surface area contributed by atoms with Crippen LogP contribution in [-0.4, -0.2) is 48.4 Å². The standard InChI is InChI=1S/C23H27FN4O/c1-18-3-4-21(13-22(18)24)15-26-23(29)17-28-10-2-9-27(11-12-28)16-20-7-5-19(14-25)6-8-20/h3-8,13H,2,9-12,15-17H2,1H3,(H,26,29). The molecule has 6 heteroatoms. The van der Waals surface area contributed by atoms with Crippen molar-refractivity contribution in [1.82, 2.24) is 15.1 Å². The zero-order chi connectivity index (χ0) is 20.6. The van der Waals surface area contributed by atoms with Crippen LogP contribution < -0.4 is 5.32 Å². The van der Waals surface area contributed by atoms with Crippen molar-refractivity contribution >= 4 is 5.91 Å². The molecule has 0 saturated carbocycles. The molecule has 1 N–H and O–H groups in total. The molecule has 0 aliphatic carbocycles. The van der Waals surface area contributed by atoms with E-state index in [0.717, 1.165) is 44.7 Å². The van der Waals surface area contributed by atoms with Crippen LogP contribution in [0.2, 0.25) is 0 Å². The molecule has 0 unspecified atom stereocenters. The van der Waals surface area contributed by atoms with Gasteiger partial charge in [-0.25, -0.2) is 4.39 Å². The molecule has 152 valence electrons. The van der Waals surface area contributed by atoms with Crippen LogP contribution in [0, 0.1) is 24.1 Å². The molecular formula is C23H27FN4O. The van der Waals surface area contributed by atoms with Gasteiger partial charge in [-0.3, -0.25) is 14.6 Å². The van der Waals surface area contributed by atoms with E-state index < -0.39 is 0 Å². The summed E-state index contributed by atoms with van der Waals surface area (Å²) in [5.41, 5.74) is 3.25. The minimum absolute atomic E-state index is 0.0356. The van der Waals surface area contributed by atoms with E-state index in [9.17, 15) is 9.18 Å². The number of hydrogen-bond donors (Lipinski definition) is 1. The second-order valence-electron chi connectivity index (χ2n) is 7.57. The number of nitrogens with one attached hydrogen (secondary N) is 1. The molecule has 5 nitrogen and oxygen atoms in total. The molecule has 1 amide bonds. The van der Waals surface area contributed by atoms with E-state index in [1.807, 2.05) is 30.3 Å². The minimum Gasteiger partial charge on any atom is -0.351 e. The van der Waals surface area contributed by atoms with Crippen LogP contribution >= 0.6 is 0 Å². The Balaban J connectivity index is 1.43. The Labute approximate surface area is 171 Å². The van der Waals surface area contributed by atoms with Crippen molar-refractivity contribution in [2.24, 2.45) is 0 Å². The number of nitriles is 1. The van der Waals surface area contributed by atoms with Gasteiger partial charge in [-0.2, -0.15) is 5.26 Å². The van der Waals surface area contributed by atoms with Crippen molar-refractivity contribution in [2.45, 2.75) is 26.4 Å². The van der Waals surface area contributed by atoms with Crippen LogP contribution in [-0.2, 0) is 17.9 Å². The molecule has 1 aliphatic heterocycles. The third kappa shape index (κ3) is 6.38. The summed E-state index contributed by atoms with van der Waals surface area (Å²) < 4.78 is 13.6. The fourth-order valence-electron chi connectivity index (χ4n) is 3.49. The Morgan fingerprint density at radius 1 is 1.07 bits per heavy atom. The molecule has 0 radical (unpaired) electrons. The van der Waals surface area contributed by atoms with Crippen LogP contribution in [0.15, 0.2) is 42.5 Å². The number of nitrogens with zero attached hydrogens (tertiary/aromatic N) is 3. The molecule has 1 fully saturated rings. The van der Waals surface area contributed by atoms with Gasteiger partial charge in [0.25, 0.3) is 0 Å². The van der Waals surface area contributed by atoms with Gasteiger partial charge < -0.3 is 5.32 Å². The Morgan fingerprint density at radius 3 is 2.48 bits per heavy atom. The summed E-state index contributed by atoms with van der Waals surface area (Å²) in [7, 11) is 0. The van der Waals surface area contributed by atoms with Crippen LogP contribution in [0.25, 0.3) is 0 Å². The largest absolute Gasteiger partial charge is 0.351 e. The normalized spacial score (nSPS) is 15.5. The molecule has 0 bridgehead atoms. The first-order valence-corrected chi connectivity index (χ1v) is 9.99. The van der Waals surface area contributed by atoms with Crippen LogP contribution in [0.1, 0.15) is 28.7 Å². The monoisotopic (exact) mass is 394 g/mol. The number of halogens is 1. The first-order valence-electron chi connectivity index (χ1n) is 9.99. The van der Waals surface area contributed by atoms with Crippen molar-refractivity contribution in [3.63, 3.8) is 0 Å². The highest BCUT2D eigenvalue weighted by atomic mass is 19.1. The highest BCUT2D eigenvalue weighted by molar-refractivity contribution is 5.78. The summed E-state index contributed by atoms with van der Waals surface area (Å²) in [5.74, 6) is -0.279. The lowest BCUT2D eigenvalue weighted by molar-refractivity contribution is -0.122. The van der Waals surface area contributed by atoms with Crippen LogP contribution in [0.5, 0.6) is 0 Å². The summed E-state index contributed by atoms with van der Waals surface area (Å²) in [4.78, 5) is 16.8. The highest BCUT2D eigenvalue weighted by Gasteiger charge is 2.17. The zero-order valence-electron chi connectivity index (χ0n) is 16.8. The molecule has 2 aromatic rings. The summed E-state index contributed by atoms with van der Waals surface area (Å²) in [6, 6.07) is 14.9. The number of carbonyl (C=O) groups is 1. The van der Waals surface area contributed by atoms with Crippen LogP contribution in [0.3, 0.4) is 0 Å². The van der Waals surface area contributed by atoms with E-state index in [-0.39, 0.29) is 11.7 Å². The van der Waals surface area contributed by atoms with Gasteiger partial charge in [0.05, 0.1) is 18.2 Å². The topological polar surface area (TPSA) is 59.4 Å². The summed E-state index contributed by atoms with van der Waals surface area (Å²) in [5, 5.41) is 11.8. The van der Waals surface area contributed by atoms with E-state index in [2.05, 4.69) is 21.2 Å². The number of benzene rings is 2. The number of hydrogen-bond acceptors (Lipinski definition) is 4. The van der Waals surface area contributed by atoms with E-state index in [1.165, 1.54) is 11.6 Å². The van der Waals surface area contributed by atoms with Crippen molar-refractivity contribution < 1.29 is 9.18 Å². The second kappa shape index (κ2) is 10.1. The lowest BCUT2D eigenvalue weighted by Gasteiger charge is -2.21. The Kier molecular flexibility index (Phi) is 7.34. The van der Waals surface area contributed by atoms with Crippen molar-refractivity contribution in [1.29, 1.82) is 5.26 Å². The average molecular weight is 394 g/mol. The second-order valence-corrected chi connectivity index (χ2v) is 7.57. The molecule has 3 rings (SSSR count). The molecule has 29 heavy (non-hydrogen) atoms. The maximum Gasteiger partial charge on any atom is 0.234 e. The maximum atomic E-state index is 13.6. The molecule has 1 saturated heterocycles. The van der Waals surface area contributed by atoms with E-state index in [0.29, 0.717) is 24.2 Å². The van der Waals surface area contributed by atoms with Crippen molar-refractivity contribution in [2.75, 3.05) is 32.7 Å². The first kappa shape index (κ1) is 21.0. The lowest BCUT2D eigenvalue weighted by atomic mass is 10.1. The van der Waals surface area contributed by atoms with Gasteiger partial charge in [-0.1, -0.05) is 24.3 Å². The van der Waals surface area contributed by atoms with Gasteiger partial charge in [0, 0.05) is 26.2 Å². The Bertz CT molecular complexity index is 875. The smallest absolute Gasteiger partial charge is 0.234 e. The lowest BCUT2D eigenvalue weighted by Crippen LogP contribution is -2.39. The number of rotatable bonds is 6. The van der Waals surface area contributed by atoms with Gasteiger partial charge in [-0.15, -0.1) is 0 Å². The minimum atomic E-state index is -0.244. The van der Waals surface area contributed by atoms with E-state index in [4.69, 9.17) is 5.26 Å². The first-order chi connectivity index (χ1) is 14.0. The third-order valence-electron chi connectivity index (χ3n) is 5.26. The molecule has 0 atom stereocenters. The Hall–Kier alpha value is -2.75. The SMILES string of the molecule is Cc1ccc(CNC(=O)CN2CCCN(Cc3ccc(C#N)cc3)CC2)cc1F. The number of carbonyl (C=O) groups excluding carboxylic acids is 1. The van der Waals surface area contributed by atoms with Gasteiger partial charge in [0.15, 0.2) is 0 Å². The van der Waals surface area contributed by atoms with Gasteiger partial charge >= 0.3 is 0 Å².